The Balaban J connectivity index is 1.80. The van der Waals surface area contributed by atoms with Crippen LogP contribution in [0.15, 0.2) is 69.1 Å². The van der Waals surface area contributed by atoms with E-state index in [0.717, 1.165) is 16.7 Å². The van der Waals surface area contributed by atoms with Gasteiger partial charge in [-0.1, -0.05) is 41.9 Å². The maximum absolute atomic E-state index is 12.7. The van der Waals surface area contributed by atoms with Crippen molar-refractivity contribution in [3.8, 4) is 11.8 Å². The molecule has 0 bridgehead atoms. The van der Waals surface area contributed by atoms with Crippen LogP contribution in [0.3, 0.4) is 0 Å². The van der Waals surface area contributed by atoms with Crippen LogP contribution in [-0.4, -0.2) is 5.91 Å². The molecule has 0 saturated heterocycles. The molecule has 1 N–H and O–H groups in total. The second-order valence-electron chi connectivity index (χ2n) is 7.07. The number of benzene rings is 3. The van der Waals surface area contributed by atoms with Gasteiger partial charge in [0.25, 0.3) is 5.91 Å². The highest BCUT2D eigenvalue weighted by Crippen LogP contribution is 2.36. The average Bonchev–Trinajstić information content (AvgIpc) is 2.75. The maximum atomic E-state index is 12.7. The predicted molar refractivity (Wildman–Crippen MR) is 136 cm³/mol. The van der Waals surface area contributed by atoms with Crippen LogP contribution in [0.1, 0.15) is 22.3 Å². The Morgan fingerprint density at radius 1 is 1.12 bits per heavy atom. The van der Waals surface area contributed by atoms with Gasteiger partial charge < -0.3 is 10.1 Å². The Morgan fingerprint density at radius 3 is 2.47 bits per heavy atom. The molecule has 0 aliphatic rings. The summed E-state index contributed by atoms with van der Waals surface area (Å²) in [5.41, 5.74) is 4.23. The highest BCUT2D eigenvalue weighted by atomic mass is 79.9. The van der Waals surface area contributed by atoms with Crippen LogP contribution in [0.2, 0.25) is 5.02 Å². The first-order chi connectivity index (χ1) is 15.3. The summed E-state index contributed by atoms with van der Waals surface area (Å²) in [6.45, 7) is 4.19. The fourth-order valence-corrected chi connectivity index (χ4v) is 4.60. The molecule has 32 heavy (non-hydrogen) atoms. The Bertz CT molecular complexity index is 1230. The van der Waals surface area contributed by atoms with Gasteiger partial charge >= 0.3 is 0 Å². The molecule has 0 aliphatic heterocycles. The lowest BCUT2D eigenvalue weighted by molar-refractivity contribution is -0.112. The second kappa shape index (κ2) is 10.8. The molecule has 0 saturated carbocycles. The van der Waals surface area contributed by atoms with Crippen molar-refractivity contribution in [2.24, 2.45) is 0 Å². The fraction of sp³-hybridized carbons (Fsp3) is 0.120. The van der Waals surface area contributed by atoms with Gasteiger partial charge in [-0.25, -0.2) is 0 Å². The Hall–Kier alpha value is -2.59. The summed E-state index contributed by atoms with van der Waals surface area (Å²) in [6.07, 6.45) is 1.54. The van der Waals surface area contributed by atoms with Gasteiger partial charge in [0.1, 0.15) is 24.0 Å². The highest BCUT2D eigenvalue weighted by molar-refractivity contribution is 9.11. The van der Waals surface area contributed by atoms with Crippen LogP contribution < -0.4 is 10.1 Å². The molecule has 0 aliphatic carbocycles. The maximum Gasteiger partial charge on any atom is 0.266 e. The minimum Gasteiger partial charge on any atom is -0.486 e. The molecule has 7 heteroatoms. The Labute approximate surface area is 209 Å². The first-order valence-electron chi connectivity index (χ1n) is 9.64. The summed E-state index contributed by atoms with van der Waals surface area (Å²) < 4.78 is 7.28. The largest absolute Gasteiger partial charge is 0.486 e. The number of hydrogen-bond acceptors (Lipinski definition) is 3. The van der Waals surface area contributed by atoms with E-state index in [1.54, 1.807) is 12.1 Å². The topological polar surface area (TPSA) is 62.1 Å². The van der Waals surface area contributed by atoms with Crippen molar-refractivity contribution in [2.75, 3.05) is 5.32 Å². The third-order valence-corrected chi connectivity index (χ3v) is 6.43. The Morgan fingerprint density at radius 2 is 1.81 bits per heavy atom. The third-order valence-electron chi connectivity index (χ3n) is 4.88. The summed E-state index contributed by atoms with van der Waals surface area (Å²) in [5, 5.41) is 13.0. The lowest BCUT2D eigenvalue weighted by Gasteiger charge is -2.13. The number of hydrogen-bond donors (Lipinski definition) is 1. The van der Waals surface area contributed by atoms with Gasteiger partial charge in [-0.2, -0.15) is 5.26 Å². The molecule has 0 spiro atoms. The molecular formula is C25H19Br2ClN2O2. The lowest BCUT2D eigenvalue weighted by Crippen LogP contribution is -2.14. The molecule has 0 unspecified atom stereocenters. The lowest BCUT2D eigenvalue weighted by atomic mass is 10.1. The van der Waals surface area contributed by atoms with E-state index in [1.807, 2.05) is 62.4 Å². The number of nitrogens with zero attached hydrogens (tertiary/aromatic N) is 1. The monoisotopic (exact) mass is 572 g/mol. The zero-order chi connectivity index (χ0) is 23.3. The zero-order valence-electron chi connectivity index (χ0n) is 17.4. The van der Waals surface area contributed by atoms with Gasteiger partial charge in [0.2, 0.25) is 0 Å². The molecule has 0 atom stereocenters. The summed E-state index contributed by atoms with van der Waals surface area (Å²) >= 11 is 13.2. The third kappa shape index (κ3) is 5.80. The van der Waals surface area contributed by atoms with Gasteiger partial charge in [-0.05, 0) is 92.7 Å². The van der Waals surface area contributed by atoms with E-state index in [4.69, 9.17) is 16.3 Å². The molecule has 162 valence electrons. The number of anilines is 1. The van der Waals surface area contributed by atoms with Crippen molar-refractivity contribution in [3.05, 3.63) is 96.4 Å². The molecule has 0 radical (unpaired) electrons. The van der Waals surface area contributed by atoms with Crippen molar-refractivity contribution < 1.29 is 9.53 Å². The molecule has 3 rings (SSSR count). The SMILES string of the molecule is Cc1cccc(NC(=O)/C(C#N)=C/c2cc(Br)c(OCc3ccccc3Cl)c(Br)c2)c1C. The van der Waals surface area contributed by atoms with Crippen LogP contribution in [0.5, 0.6) is 5.75 Å². The van der Waals surface area contributed by atoms with Gasteiger partial charge in [-0.15, -0.1) is 0 Å². The quantitative estimate of drug-likeness (QED) is 0.244. The molecule has 3 aromatic carbocycles. The molecule has 1 amide bonds. The van der Waals surface area contributed by atoms with Crippen molar-refractivity contribution in [1.29, 1.82) is 5.26 Å². The van der Waals surface area contributed by atoms with Crippen LogP contribution in [-0.2, 0) is 11.4 Å². The van der Waals surface area contributed by atoms with E-state index in [9.17, 15) is 10.1 Å². The smallest absolute Gasteiger partial charge is 0.266 e. The van der Waals surface area contributed by atoms with Crippen molar-refractivity contribution in [1.82, 2.24) is 0 Å². The molecule has 0 aromatic heterocycles. The highest BCUT2D eigenvalue weighted by Gasteiger charge is 2.14. The fourth-order valence-electron chi connectivity index (χ4n) is 2.96. The Kier molecular flexibility index (Phi) is 8.14. The summed E-state index contributed by atoms with van der Waals surface area (Å²) in [4.78, 5) is 12.7. The number of nitriles is 1. The van der Waals surface area contributed by atoms with E-state index in [0.29, 0.717) is 37.6 Å². The summed E-state index contributed by atoms with van der Waals surface area (Å²) in [5.74, 6) is 0.132. The van der Waals surface area contributed by atoms with Gasteiger partial charge in [0, 0.05) is 16.3 Å². The molecule has 0 fully saturated rings. The number of carbonyl (C=O) groups is 1. The van der Waals surface area contributed by atoms with Gasteiger partial charge in [-0.3, -0.25) is 4.79 Å². The van der Waals surface area contributed by atoms with E-state index >= 15 is 0 Å². The van der Waals surface area contributed by atoms with E-state index in [-0.39, 0.29) is 5.57 Å². The number of amides is 1. The first-order valence-corrected chi connectivity index (χ1v) is 11.6. The van der Waals surface area contributed by atoms with Crippen LogP contribution in [0, 0.1) is 25.2 Å². The van der Waals surface area contributed by atoms with Crippen molar-refractivity contribution in [2.45, 2.75) is 20.5 Å². The van der Waals surface area contributed by atoms with Crippen LogP contribution >= 0.6 is 43.5 Å². The number of rotatable bonds is 6. The van der Waals surface area contributed by atoms with Gasteiger partial charge in [0.05, 0.1) is 8.95 Å². The van der Waals surface area contributed by atoms with Crippen LogP contribution in [0.25, 0.3) is 6.08 Å². The number of nitrogens with one attached hydrogen (secondary N) is 1. The van der Waals surface area contributed by atoms with E-state index in [1.165, 1.54) is 6.08 Å². The van der Waals surface area contributed by atoms with E-state index in [2.05, 4.69) is 37.2 Å². The number of aryl methyl sites for hydroxylation is 1. The number of ether oxygens (including phenoxy) is 1. The molecular weight excluding hydrogens is 556 g/mol. The average molecular weight is 575 g/mol. The normalized spacial score (nSPS) is 11.1. The number of carbonyl (C=O) groups excluding carboxylic acids is 1. The zero-order valence-corrected chi connectivity index (χ0v) is 21.3. The first kappa shape index (κ1) is 24.1. The predicted octanol–water partition coefficient (Wildman–Crippen LogP) is 7.61. The standard InChI is InChI=1S/C25H19Br2ClN2O2/c1-15-6-5-9-23(16(15)2)30-25(31)19(13-29)10-17-11-20(26)24(21(27)12-17)32-14-18-7-3-4-8-22(18)28/h3-12H,14H2,1-2H3,(H,30,31)/b19-10+. The van der Waals surface area contributed by atoms with Crippen molar-refractivity contribution in [3.63, 3.8) is 0 Å². The van der Waals surface area contributed by atoms with E-state index < -0.39 is 5.91 Å². The van der Waals surface area contributed by atoms with Gasteiger partial charge in [0.15, 0.2) is 0 Å². The summed E-state index contributed by atoms with van der Waals surface area (Å²) in [6, 6.07) is 18.7. The minimum absolute atomic E-state index is 0.00515. The number of halogens is 3. The second-order valence-corrected chi connectivity index (χ2v) is 9.18. The van der Waals surface area contributed by atoms with Crippen LogP contribution in [0.4, 0.5) is 5.69 Å². The molecule has 3 aromatic rings. The molecule has 4 nitrogen and oxygen atoms in total. The minimum atomic E-state index is -0.465. The molecule has 0 heterocycles. The summed E-state index contributed by atoms with van der Waals surface area (Å²) in [7, 11) is 0. The van der Waals surface area contributed by atoms with Crippen molar-refractivity contribution >= 4 is 61.1 Å².